The number of anilines is 2. The zero-order valence-electron chi connectivity index (χ0n) is 18.2. The largest absolute Gasteiger partial charge is 0.382 e. The lowest BCUT2D eigenvalue weighted by Gasteiger charge is -2.34. The van der Waals surface area contributed by atoms with E-state index >= 15 is 0 Å². The number of rotatable bonds is 3. The van der Waals surface area contributed by atoms with E-state index in [1.807, 2.05) is 12.1 Å². The smallest absolute Gasteiger partial charge is 0.251 e. The standard InChI is InChI=1S/C24H24F2N6O/c1-31-8-10-32(11-9-31)16-4-2-14(3-5-16)20-22(26)30-23(27)21(29-20)18-12-15-6-7-28-24(33)17(15)13-19(18)25/h2-5,12-13H,6-11H2,1H3,(H2,27,30)(H,28,33). The first-order valence-electron chi connectivity index (χ1n) is 10.9. The van der Waals surface area contributed by atoms with Gasteiger partial charge >= 0.3 is 0 Å². The molecule has 0 atom stereocenters. The quantitative estimate of drug-likeness (QED) is 0.638. The molecule has 9 heteroatoms. The number of halogens is 2. The maximum atomic E-state index is 14.9. The fourth-order valence-corrected chi connectivity index (χ4v) is 4.33. The van der Waals surface area contributed by atoms with Gasteiger partial charge in [0.05, 0.1) is 0 Å². The highest BCUT2D eigenvalue weighted by atomic mass is 19.1. The van der Waals surface area contributed by atoms with E-state index in [0.717, 1.165) is 31.9 Å². The lowest BCUT2D eigenvalue weighted by Crippen LogP contribution is -2.44. The first-order chi connectivity index (χ1) is 15.9. The van der Waals surface area contributed by atoms with Crippen LogP contribution in [-0.4, -0.2) is 60.5 Å². The van der Waals surface area contributed by atoms with Crippen LogP contribution in [0.15, 0.2) is 36.4 Å². The third kappa shape index (κ3) is 4.00. The molecule has 170 valence electrons. The highest BCUT2D eigenvalue weighted by Crippen LogP contribution is 2.32. The summed E-state index contributed by atoms with van der Waals surface area (Å²) in [6, 6.07) is 10.2. The molecule has 0 bridgehead atoms. The second-order valence-electron chi connectivity index (χ2n) is 8.43. The molecule has 5 rings (SSSR count). The van der Waals surface area contributed by atoms with Crippen LogP contribution in [-0.2, 0) is 6.42 Å². The highest BCUT2D eigenvalue weighted by Gasteiger charge is 2.23. The van der Waals surface area contributed by atoms with Crippen molar-refractivity contribution >= 4 is 17.4 Å². The number of hydrogen-bond donors (Lipinski definition) is 2. The monoisotopic (exact) mass is 450 g/mol. The van der Waals surface area contributed by atoms with E-state index in [1.165, 1.54) is 6.07 Å². The lowest BCUT2D eigenvalue weighted by molar-refractivity contribution is 0.0945. The number of nitrogens with one attached hydrogen (secondary N) is 1. The minimum atomic E-state index is -0.818. The maximum absolute atomic E-state index is 14.9. The van der Waals surface area contributed by atoms with Crippen molar-refractivity contribution in [3.05, 3.63) is 59.3 Å². The number of benzene rings is 2. The Morgan fingerprint density at radius 1 is 0.970 bits per heavy atom. The van der Waals surface area contributed by atoms with Crippen molar-refractivity contribution in [2.75, 3.05) is 50.4 Å². The van der Waals surface area contributed by atoms with Gasteiger partial charge in [-0.3, -0.25) is 4.79 Å². The minimum absolute atomic E-state index is 0.000934. The van der Waals surface area contributed by atoms with Gasteiger partial charge in [0.1, 0.15) is 17.2 Å². The van der Waals surface area contributed by atoms with E-state index < -0.39 is 11.8 Å². The summed E-state index contributed by atoms with van der Waals surface area (Å²) in [5.41, 5.74) is 8.65. The Kier molecular flexibility index (Phi) is 5.41. The fraction of sp³-hybridized carbons (Fsp3) is 0.292. The average Bonchev–Trinajstić information content (AvgIpc) is 2.80. The van der Waals surface area contributed by atoms with Gasteiger partial charge in [-0.25, -0.2) is 9.37 Å². The molecule has 33 heavy (non-hydrogen) atoms. The van der Waals surface area contributed by atoms with Crippen molar-refractivity contribution in [3.8, 4) is 22.5 Å². The molecule has 0 spiro atoms. The number of fused-ring (bicyclic) bond motifs is 1. The third-order valence-electron chi connectivity index (χ3n) is 6.26. The zero-order chi connectivity index (χ0) is 23.1. The molecule has 1 saturated heterocycles. The van der Waals surface area contributed by atoms with Crippen molar-refractivity contribution < 1.29 is 13.6 Å². The second-order valence-corrected chi connectivity index (χ2v) is 8.43. The number of nitrogen functional groups attached to an aromatic ring is 1. The maximum Gasteiger partial charge on any atom is 0.251 e. The van der Waals surface area contributed by atoms with E-state index in [0.29, 0.717) is 24.1 Å². The van der Waals surface area contributed by atoms with Crippen molar-refractivity contribution in [3.63, 3.8) is 0 Å². The SMILES string of the molecule is CN1CCN(c2ccc(-c3nc(-c4cc5c(cc4F)C(=O)NCC5)c(N)nc3F)cc2)CC1. The molecular formula is C24H24F2N6O. The normalized spacial score (nSPS) is 16.5. The molecule has 0 saturated carbocycles. The van der Waals surface area contributed by atoms with Crippen LogP contribution < -0.4 is 16.0 Å². The van der Waals surface area contributed by atoms with Crippen molar-refractivity contribution in [2.24, 2.45) is 0 Å². The summed E-state index contributed by atoms with van der Waals surface area (Å²) < 4.78 is 29.7. The first kappa shape index (κ1) is 21.3. The van der Waals surface area contributed by atoms with Crippen LogP contribution in [0.4, 0.5) is 20.3 Å². The molecule has 0 unspecified atom stereocenters. The highest BCUT2D eigenvalue weighted by molar-refractivity contribution is 5.97. The first-order valence-corrected chi connectivity index (χ1v) is 10.9. The summed E-state index contributed by atoms with van der Waals surface area (Å²) in [4.78, 5) is 24.7. The van der Waals surface area contributed by atoms with Gasteiger partial charge in [-0.05, 0) is 43.3 Å². The summed E-state index contributed by atoms with van der Waals surface area (Å²) in [5.74, 6) is -2.00. The Balaban J connectivity index is 1.50. The molecule has 1 fully saturated rings. The van der Waals surface area contributed by atoms with Gasteiger partial charge in [-0.1, -0.05) is 12.1 Å². The van der Waals surface area contributed by atoms with Gasteiger partial charge in [-0.2, -0.15) is 9.37 Å². The van der Waals surface area contributed by atoms with Crippen molar-refractivity contribution in [1.29, 1.82) is 0 Å². The summed E-state index contributed by atoms with van der Waals surface area (Å²) in [7, 11) is 2.10. The van der Waals surface area contributed by atoms with Crippen molar-refractivity contribution in [2.45, 2.75) is 6.42 Å². The molecule has 3 heterocycles. The van der Waals surface area contributed by atoms with Gasteiger partial charge in [0, 0.05) is 55.1 Å². The summed E-state index contributed by atoms with van der Waals surface area (Å²) in [6.45, 7) is 4.28. The molecule has 2 aliphatic heterocycles. The number of likely N-dealkylation sites (N-methyl/N-ethyl adjacent to an activating group) is 1. The number of piperazine rings is 1. The lowest BCUT2D eigenvalue weighted by atomic mass is 9.96. The predicted octanol–water partition coefficient (Wildman–Crippen LogP) is 2.71. The second kappa shape index (κ2) is 8.40. The molecular weight excluding hydrogens is 426 g/mol. The molecule has 0 aliphatic carbocycles. The van der Waals surface area contributed by atoms with E-state index in [-0.39, 0.29) is 34.2 Å². The zero-order valence-corrected chi connectivity index (χ0v) is 18.2. The Labute approximate surface area is 190 Å². The van der Waals surface area contributed by atoms with Gasteiger partial charge in [0.15, 0.2) is 5.82 Å². The van der Waals surface area contributed by atoms with Crippen LogP contribution in [0.5, 0.6) is 0 Å². The summed E-state index contributed by atoms with van der Waals surface area (Å²) >= 11 is 0. The van der Waals surface area contributed by atoms with Gasteiger partial charge in [-0.15, -0.1) is 0 Å². The fourth-order valence-electron chi connectivity index (χ4n) is 4.33. The van der Waals surface area contributed by atoms with E-state index in [9.17, 15) is 13.6 Å². The Hall–Kier alpha value is -3.59. The molecule has 0 radical (unpaired) electrons. The van der Waals surface area contributed by atoms with Crippen LogP contribution in [0.25, 0.3) is 22.5 Å². The number of nitrogens with zero attached hydrogens (tertiary/aromatic N) is 4. The third-order valence-corrected chi connectivity index (χ3v) is 6.26. The number of carbonyl (C=O) groups is 1. The van der Waals surface area contributed by atoms with E-state index in [4.69, 9.17) is 5.73 Å². The van der Waals surface area contributed by atoms with Gasteiger partial charge in [0.25, 0.3) is 5.91 Å². The Morgan fingerprint density at radius 3 is 2.42 bits per heavy atom. The van der Waals surface area contributed by atoms with E-state index in [1.54, 1.807) is 18.2 Å². The topological polar surface area (TPSA) is 87.4 Å². The average molecular weight is 450 g/mol. The summed E-state index contributed by atoms with van der Waals surface area (Å²) in [5, 5.41) is 2.69. The number of amides is 1. The molecule has 1 aromatic heterocycles. The Bertz CT molecular complexity index is 1220. The predicted molar refractivity (Wildman–Crippen MR) is 123 cm³/mol. The Morgan fingerprint density at radius 2 is 1.70 bits per heavy atom. The molecule has 1 amide bonds. The van der Waals surface area contributed by atoms with Crippen molar-refractivity contribution in [1.82, 2.24) is 20.2 Å². The number of hydrogen-bond acceptors (Lipinski definition) is 6. The molecule has 3 N–H and O–H groups in total. The molecule has 7 nitrogen and oxygen atoms in total. The van der Waals surface area contributed by atoms with Crippen LogP contribution in [0.2, 0.25) is 0 Å². The van der Waals surface area contributed by atoms with Crippen LogP contribution in [0, 0.1) is 11.8 Å². The number of aromatic nitrogens is 2. The van der Waals surface area contributed by atoms with E-state index in [2.05, 4.69) is 32.1 Å². The molecule has 3 aromatic rings. The number of carbonyl (C=O) groups excluding carboxylic acids is 1. The van der Waals surface area contributed by atoms with Crippen LogP contribution in [0.1, 0.15) is 15.9 Å². The van der Waals surface area contributed by atoms with Crippen LogP contribution >= 0.6 is 0 Å². The molecule has 2 aromatic carbocycles. The van der Waals surface area contributed by atoms with Gasteiger partial charge in [0.2, 0.25) is 5.95 Å². The minimum Gasteiger partial charge on any atom is -0.382 e. The van der Waals surface area contributed by atoms with Gasteiger partial charge < -0.3 is 20.9 Å². The molecule has 2 aliphatic rings. The summed E-state index contributed by atoms with van der Waals surface area (Å²) in [6.07, 6.45) is 0.559. The van der Waals surface area contributed by atoms with Crippen LogP contribution in [0.3, 0.4) is 0 Å². The number of nitrogens with two attached hydrogens (primary N) is 1.